The van der Waals surface area contributed by atoms with Gasteiger partial charge >= 0.3 is 11.9 Å². The predicted molar refractivity (Wildman–Crippen MR) is 146 cm³/mol. The summed E-state index contributed by atoms with van der Waals surface area (Å²) in [6.07, 6.45) is 6.48. The average Bonchev–Trinajstić information content (AvgIpc) is 3.39. The number of imidazole rings is 1. The van der Waals surface area contributed by atoms with Crippen LogP contribution in [0, 0.1) is 11.8 Å². The highest BCUT2D eigenvalue weighted by Crippen LogP contribution is 2.43. The van der Waals surface area contributed by atoms with Crippen molar-refractivity contribution in [3.8, 4) is 5.69 Å². The van der Waals surface area contributed by atoms with Crippen LogP contribution < -0.4 is 5.69 Å². The van der Waals surface area contributed by atoms with Crippen LogP contribution in [0.4, 0.5) is 13.2 Å². The number of halogens is 3. The van der Waals surface area contributed by atoms with Crippen LogP contribution in [0.1, 0.15) is 73.9 Å². The van der Waals surface area contributed by atoms with Crippen LogP contribution in [-0.4, -0.2) is 41.7 Å². The Morgan fingerprint density at radius 3 is 2.58 bits per heavy atom. The molecule has 0 amide bonds. The first-order valence-corrected chi connectivity index (χ1v) is 14.2. The molecule has 1 saturated carbocycles. The number of likely N-dealkylation sites (tertiary alicyclic amines) is 1. The summed E-state index contributed by atoms with van der Waals surface area (Å²) in [6, 6.07) is 8.75. The lowest BCUT2D eigenvalue weighted by molar-refractivity contribution is -0.136. The van der Waals surface area contributed by atoms with Gasteiger partial charge in [0.2, 0.25) is 0 Å². The molecule has 6 rings (SSSR count). The number of aromatic nitrogens is 5. The summed E-state index contributed by atoms with van der Waals surface area (Å²) in [4.78, 5) is 15.8. The van der Waals surface area contributed by atoms with E-state index >= 15 is 0 Å². The maximum Gasteiger partial charge on any atom is 0.418 e. The van der Waals surface area contributed by atoms with E-state index in [9.17, 15) is 18.0 Å². The van der Waals surface area contributed by atoms with Gasteiger partial charge in [0.1, 0.15) is 12.2 Å². The lowest BCUT2D eigenvalue weighted by Crippen LogP contribution is -2.26. The third-order valence-electron chi connectivity index (χ3n) is 8.80. The fourth-order valence-corrected chi connectivity index (χ4v) is 6.33. The summed E-state index contributed by atoms with van der Waals surface area (Å²) in [6.45, 7) is 4.30. The molecule has 4 aromatic rings. The van der Waals surface area contributed by atoms with Crippen molar-refractivity contribution in [2.45, 2.75) is 64.1 Å². The monoisotopic (exact) mass is 552 g/mol. The van der Waals surface area contributed by atoms with Crippen molar-refractivity contribution in [1.82, 2.24) is 28.6 Å². The highest BCUT2D eigenvalue weighted by Gasteiger charge is 2.35. The summed E-state index contributed by atoms with van der Waals surface area (Å²) in [7, 11) is 1.92. The van der Waals surface area contributed by atoms with E-state index in [1.807, 2.05) is 29.8 Å². The zero-order valence-electron chi connectivity index (χ0n) is 22.9. The van der Waals surface area contributed by atoms with Crippen molar-refractivity contribution in [1.29, 1.82) is 0 Å². The standard InChI is InChI=1S/C30H35F3N6O/c1-20-6-5-12-37(13-11-20)16-21-14-25(30(31,32)33)26-18-38(29(40)39(26)17-21)24-10-4-9-23(15-24)27(22-7-3-8-22)28-35-34-19-36(28)2/h4,9-10,14-15,17-20,22,27H,3,5-8,11-13,16H2,1-2H3/t20?,27-/m1/s1. The number of benzene rings is 1. The molecular weight excluding hydrogens is 517 g/mol. The quantitative estimate of drug-likeness (QED) is 0.304. The van der Waals surface area contributed by atoms with Crippen LogP contribution in [0.2, 0.25) is 0 Å². The summed E-state index contributed by atoms with van der Waals surface area (Å²) in [5.74, 6) is 1.87. The number of pyridine rings is 1. The zero-order chi connectivity index (χ0) is 28.0. The first-order valence-electron chi connectivity index (χ1n) is 14.2. The Labute approximate surface area is 231 Å². The summed E-state index contributed by atoms with van der Waals surface area (Å²) < 4.78 is 47.3. The molecule has 1 saturated heterocycles. The van der Waals surface area contributed by atoms with E-state index in [1.165, 1.54) is 16.8 Å². The number of fused-ring (bicyclic) bond motifs is 1. The van der Waals surface area contributed by atoms with Crippen molar-refractivity contribution in [3.05, 3.63) is 82.1 Å². The van der Waals surface area contributed by atoms with E-state index < -0.39 is 17.4 Å². The Kier molecular flexibility index (Phi) is 7.06. The Bertz CT molecular complexity index is 1560. The van der Waals surface area contributed by atoms with Crippen molar-refractivity contribution < 1.29 is 13.2 Å². The largest absolute Gasteiger partial charge is 0.418 e. The molecule has 212 valence electrons. The van der Waals surface area contributed by atoms with E-state index in [0.29, 0.717) is 29.6 Å². The van der Waals surface area contributed by atoms with E-state index in [1.54, 1.807) is 18.6 Å². The molecule has 0 N–H and O–H groups in total. The van der Waals surface area contributed by atoms with Gasteiger partial charge in [-0.05, 0) is 86.4 Å². The fraction of sp³-hybridized carbons (Fsp3) is 0.500. The fourth-order valence-electron chi connectivity index (χ4n) is 6.33. The lowest BCUT2D eigenvalue weighted by Gasteiger charge is -2.33. The molecule has 2 aliphatic rings. The molecule has 0 radical (unpaired) electrons. The molecule has 1 aliphatic heterocycles. The van der Waals surface area contributed by atoms with Gasteiger partial charge in [-0.15, -0.1) is 10.2 Å². The Morgan fingerprint density at radius 2 is 1.88 bits per heavy atom. The van der Waals surface area contributed by atoms with Gasteiger partial charge < -0.3 is 4.57 Å². The van der Waals surface area contributed by atoms with Crippen LogP contribution in [0.5, 0.6) is 0 Å². The van der Waals surface area contributed by atoms with Gasteiger partial charge in [-0.1, -0.05) is 25.5 Å². The van der Waals surface area contributed by atoms with Gasteiger partial charge in [-0.25, -0.2) is 4.79 Å². The summed E-state index contributed by atoms with van der Waals surface area (Å²) >= 11 is 0. The number of hydrogen-bond donors (Lipinski definition) is 0. The number of alkyl halides is 3. The van der Waals surface area contributed by atoms with Gasteiger partial charge in [0.15, 0.2) is 0 Å². The van der Waals surface area contributed by atoms with Gasteiger partial charge in [-0.2, -0.15) is 13.2 Å². The first-order chi connectivity index (χ1) is 19.2. The average molecular weight is 553 g/mol. The molecule has 1 unspecified atom stereocenters. The summed E-state index contributed by atoms with van der Waals surface area (Å²) in [5.41, 5.74) is 0.575. The van der Waals surface area contributed by atoms with Gasteiger partial charge in [-0.3, -0.25) is 13.9 Å². The van der Waals surface area contributed by atoms with E-state index in [2.05, 4.69) is 22.0 Å². The van der Waals surface area contributed by atoms with Crippen LogP contribution >= 0.6 is 0 Å². The second-order valence-corrected chi connectivity index (χ2v) is 11.7. The Balaban J connectivity index is 1.41. The molecule has 40 heavy (non-hydrogen) atoms. The SMILES string of the molecule is CC1CCCN(Cc2cc(C(F)(F)F)c3cn(-c4cccc([C@H](c5nncn5C)C5CCC5)c4)c(=O)n3c2)CC1. The summed E-state index contributed by atoms with van der Waals surface area (Å²) in [5, 5.41) is 8.44. The number of nitrogens with zero attached hydrogens (tertiary/aromatic N) is 6. The number of rotatable bonds is 6. The minimum absolute atomic E-state index is 0.00242. The Hall–Kier alpha value is -3.40. The predicted octanol–water partition coefficient (Wildman–Crippen LogP) is 5.79. The van der Waals surface area contributed by atoms with E-state index in [4.69, 9.17) is 0 Å². The molecule has 7 nitrogen and oxygen atoms in total. The highest BCUT2D eigenvalue weighted by molar-refractivity contribution is 5.58. The molecule has 0 spiro atoms. The van der Waals surface area contributed by atoms with Crippen molar-refractivity contribution >= 4 is 5.52 Å². The second-order valence-electron chi connectivity index (χ2n) is 11.7. The second kappa shape index (κ2) is 10.5. The molecule has 10 heteroatoms. The van der Waals surface area contributed by atoms with Gasteiger partial charge in [0.25, 0.3) is 0 Å². The molecule has 0 bridgehead atoms. The van der Waals surface area contributed by atoms with Crippen molar-refractivity contribution in [2.24, 2.45) is 18.9 Å². The van der Waals surface area contributed by atoms with Crippen molar-refractivity contribution in [2.75, 3.05) is 13.1 Å². The number of hydrogen-bond acceptors (Lipinski definition) is 4. The van der Waals surface area contributed by atoms with E-state index in [0.717, 1.165) is 67.4 Å². The number of aryl methyl sites for hydroxylation is 1. The van der Waals surface area contributed by atoms with Gasteiger partial charge in [0.05, 0.1) is 16.8 Å². The van der Waals surface area contributed by atoms with Crippen molar-refractivity contribution in [3.63, 3.8) is 0 Å². The normalized spacial score (nSPS) is 20.0. The lowest BCUT2D eigenvalue weighted by atomic mass is 9.72. The topological polar surface area (TPSA) is 60.4 Å². The van der Waals surface area contributed by atoms with Crippen LogP contribution in [0.25, 0.3) is 11.2 Å². The molecule has 3 aromatic heterocycles. The zero-order valence-corrected chi connectivity index (χ0v) is 22.9. The van der Waals surface area contributed by atoms with Gasteiger partial charge in [0, 0.05) is 31.9 Å². The molecule has 1 aromatic carbocycles. The minimum Gasteiger partial charge on any atom is -0.320 e. The third-order valence-corrected chi connectivity index (χ3v) is 8.80. The van der Waals surface area contributed by atoms with Crippen LogP contribution in [0.3, 0.4) is 0 Å². The highest BCUT2D eigenvalue weighted by atomic mass is 19.4. The minimum atomic E-state index is -4.59. The molecular formula is C30H35F3N6O. The molecule has 2 atom stereocenters. The third kappa shape index (κ3) is 5.09. The van der Waals surface area contributed by atoms with Crippen LogP contribution in [0.15, 0.2) is 53.8 Å². The molecule has 4 heterocycles. The Morgan fingerprint density at radius 1 is 1.05 bits per heavy atom. The molecule has 1 aliphatic carbocycles. The molecule has 2 fully saturated rings. The smallest absolute Gasteiger partial charge is 0.320 e. The maximum atomic E-state index is 14.3. The first kappa shape index (κ1) is 26.8. The van der Waals surface area contributed by atoms with Crippen LogP contribution in [-0.2, 0) is 19.8 Å². The maximum absolute atomic E-state index is 14.3. The van der Waals surface area contributed by atoms with E-state index in [-0.39, 0.29) is 11.4 Å².